The summed E-state index contributed by atoms with van der Waals surface area (Å²) in [5.41, 5.74) is 1.96. The standard InChI is InChI=1S/C18H27N3O/c1-13(2)8-7-9-14(3)19-18(22)12-21-15(4)20-16-10-5-6-11-17(16)21/h5-6,10-11,13-14H,7-9,12H2,1-4H3,(H,19,22)/t14-/m1/s1. The van der Waals surface area contributed by atoms with Crippen molar-refractivity contribution in [2.75, 3.05) is 0 Å². The number of hydrogen-bond donors (Lipinski definition) is 1. The second-order valence-electron chi connectivity index (χ2n) is 6.53. The van der Waals surface area contributed by atoms with Crippen LogP contribution in [0, 0.1) is 12.8 Å². The van der Waals surface area contributed by atoms with Crippen molar-refractivity contribution in [1.29, 1.82) is 0 Å². The Morgan fingerprint density at radius 1 is 1.23 bits per heavy atom. The first-order valence-corrected chi connectivity index (χ1v) is 8.18. The van der Waals surface area contributed by atoms with Gasteiger partial charge in [0, 0.05) is 6.04 Å². The van der Waals surface area contributed by atoms with Crippen LogP contribution in [-0.2, 0) is 11.3 Å². The molecule has 0 bridgehead atoms. The largest absolute Gasteiger partial charge is 0.352 e. The van der Waals surface area contributed by atoms with E-state index in [1.165, 1.54) is 6.42 Å². The summed E-state index contributed by atoms with van der Waals surface area (Å²) in [6, 6.07) is 8.16. The van der Waals surface area contributed by atoms with Gasteiger partial charge in [0.25, 0.3) is 0 Å². The maximum absolute atomic E-state index is 12.3. The Balaban J connectivity index is 1.92. The lowest BCUT2D eigenvalue weighted by Gasteiger charge is -2.15. The topological polar surface area (TPSA) is 46.9 Å². The van der Waals surface area contributed by atoms with Crippen molar-refractivity contribution in [3.05, 3.63) is 30.1 Å². The van der Waals surface area contributed by atoms with Crippen LogP contribution in [0.15, 0.2) is 24.3 Å². The van der Waals surface area contributed by atoms with E-state index in [9.17, 15) is 4.79 Å². The quantitative estimate of drug-likeness (QED) is 0.848. The van der Waals surface area contributed by atoms with Crippen molar-refractivity contribution in [2.24, 2.45) is 5.92 Å². The van der Waals surface area contributed by atoms with E-state index < -0.39 is 0 Å². The molecule has 1 amide bonds. The lowest BCUT2D eigenvalue weighted by atomic mass is 10.0. The van der Waals surface area contributed by atoms with Crippen LogP contribution in [0.3, 0.4) is 0 Å². The SMILES string of the molecule is Cc1nc2ccccc2n1CC(=O)N[C@H](C)CCCC(C)C. The van der Waals surface area contributed by atoms with Gasteiger partial charge in [0.2, 0.25) is 5.91 Å². The molecule has 1 N–H and O–H groups in total. The molecule has 1 atom stereocenters. The predicted molar refractivity (Wildman–Crippen MR) is 90.8 cm³/mol. The maximum atomic E-state index is 12.3. The summed E-state index contributed by atoms with van der Waals surface area (Å²) >= 11 is 0. The molecular weight excluding hydrogens is 274 g/mol. The highest BCUT2D eigenvalue weighted by atomic mass is 16.2. The van der Waals surface area contributed by atoms with E-state index >= 15 is 0 Å². The van der Waals surface area contributed by atoms with E-state index in [0.29, 0.717) is 6.54 Å². The zero-order valence-corrected chi connectivity index (χ0v) is 14.1. The van der Waals surface area contributed by atoms with Gasteiger partial charge in [0.05, 0.1) is 11.0 Å². The summed E-state index contributed by atoms with van der Waals surface area (Å²) in [5.74, 6) is 1.66. The van der Waals surface area contributed by atoms with Gasteiger partial charge in [-0.25, -0.2) is 4.98 Å². The monoisotopic (exact) mass is 301 g/mol. The van der Waals surface area contributed by atoms with E-state index in [4.69, 9.17) is 0 Å². The molecule has 0 aliphatic heterocycles. The van der Waals surface area contributed by atoms with Crippen molar-refractivity contribution in [2.45, 2.75) is 59.5 Å². The van der Waals surface area contributed by atoms with Gasteiger partial charge >= 0.3 is 0 Å². The van der Waals surface area contributed by atoms with Gasteiger partial charge in [-0.05, 0) is 38.3 Å². The molecule has 0 saturated heterocycles. The molecule has 1 aromatic heterocycles. The average molecular weight is 301 g/mol. The molecule has 0 radical (unpaired) electrons. The number of hydrogen-bond acceptors (Lipinski definition) is 2. The number of para-hydroxylation sites is 2. The van der Waals surface area contributed by atoms with Crippen molar-refractivity contribution in [3.63, 3.8) is 0 Å². The number of benzene rings is 1. The lowest BCUT2D eigenvalue weighted by Crippen LogP contribution is -2.35. The molecular formula is C18H27N3O. The fraction of sp³-hybridized carbons (Fsp3) is 0.556. The minimum Gasteiger partial charge on any atom is -0.352 e. The summed E-state index contributed by atoms with van der Waals surface area (Å²) in [6.07, 6.45) is 3.41. The van der Waals surface area contributed by atoms with E-state index in [2.05, 4.69) is 31.1 Å². The average Bonchev–Trinajstić information content (AvgIpc) is 2.74. The highest BCUT2D eigenvalue weighted by Crippen LogP contribution is 2.15. The first-order chi connectivity index (χ1) is 10.5. The first kappa shape index (κ1) is 16.5. The number of nitrogens with one attached hydrogen (secondary N) is 1. The van der Waals surface area contributed by atoms with Gasteiger partial charge in [-0.2, -0.15) is 0 Å². The fourth-order valence-electron chi connectivity index (χ4n) is 2.76. The van der Waals surface area contributed by atoms with Gasteiger partial charge in [-0.1, -0.05) is 38.8 Å². The van der Waals surface area contributed by atoms with Crippen LogP contribution in [-0.4, -0.2) is 21.5 Å². The second-order valence-corrected chi connectivity index (χ2v) is 6.53. The number of aromatic nitrogens is 2. The number of aryl methyl sites for hydroxylation is 1. The van der Waals surface area contributed by atoms with E-state index in [1.54, 1.807) is 0 Å². The van der Waals surface area contributed by atoms with Crippen LogP contribution in [0.25, 0.3) is 11.0 Å². The minimum atomic E-state index is 0.0586. The van der Waals surface area contributed by atoms with E-state index in [-0.39, 0.29) is 11.9 Å². The van der Waals surface area contributed by atoms with Gasteiger partial charge in [0.1, 0.15) is 12.4 Å². The molecule has 0 aliphatic rings. The predicted octanol–water partition coefficient (Wildman–Crippen LogP) is 3.68. The molecule has 120 valence electrons. The molecule has 0 unspecified atom stereocenters. The smallest absolute Gasteiger partial charge is 0.240 e. The summed E-state index contributed by atoms with van der Waals surface area (Å²) in [5, 5.41) is 3.10. The van der Waals surface area contributed by atoms with Crippen LogP contribution in [0.4, 0.5) is 0 Å². The van der Waals surface area contributed by atoms with Gasteiger partial charge in [-0.15, -0.1) is 0 Å². The number of amides is 1. The first-order valence-electron chi connectivity index (χ1n) is 8.18. The van der Waals surface area contributed by atoms with E-state index in [0.717, 1.165) is 35.6 Å². The molecule has 0 aliphatic carbocycles. The second kappa shape index (κ2) is 7.43. The molecule has 0 fully saturated rings. The third-order valence-corrected chi connectivity index (χ3v) is 3.97. The summed E-state index contributed by atoms with van der Waals surface area (Å²) < 4.78 is 1.98. The molecule has 1 heterocycles. The Morgan fingerprint density at radius 2 is 1.95 bits per heavy atom. The molecule has 22 heavy (non-hydrogen) atoms. The molecule has 4 heteroatoms. The van der Waals surface area contributed by atoms with Gasteiger partial charge in [-0.3, -0.25) is 4.79 Å². The van der Waals surface area contributed by atoms with Crippen molar-refractivity contribution >= 4 is 16.9 Å². The summed E-state index contributed by atoms with van der Waals surface area (Å²) in [7, 11) is 0. The Kier molecular flexibility index (Phi) is 5.58. The van der Waals surface area contributed by atoms with Gasteiger partial charge < -0.3 is 9.88 Å². The highest BCUT2D eigenvalue weighted by Gasteiger charge is 2.12. The maximum Gasteiger partial charge on any atom is 0.240 e. The van der Waals surface area contributed by atoms with Crippen molar-refractivity contribution < 1.29 is 4.79 Å². The molecule has 1 aromatic carbocycles. The molecule has 0 saturated carbocycles. The van der Waals surface area contributed by atoms with Gasteiger partial charge in [0.15, 0.2) is 0 Å². The number of rotatable bonds is 7. The Morgan fingerprint density at radius 3 is 2.68 bits per heavy atom. The Hall–Kier alpha value is -1.84. The van der Waals surface area contributed by atoms with E-state index in [1.807, 2.05) is 35.8 Å². The third-order valence-electron chi connectivity index (χ3n) is 3.97. The van der Waals surface area contributed by atoms with Crippen LogP contribution in [0.1, 0.15) is 45.9 Å². The fourth-order valence-corrected chi connectivity index (χ4v) is 2.76. The third kappa shape index (κ3) is 4.33. The van der Waals surface area contributed by atoms with Crippen molar-refractivity contribution in [3.8, 4) is 0 Å². The number of carbonyl (C=O) groups is 1. The highest BCUT2D eigenvalue weighted by molar-refractivity contribution is 5.81. The lowest BCUT2D eigenvalue weighted by molar-refractivity contribution is -0.122. The zero-order valence-electron chi connectivity index (χ0n) is 14.1. The molecule has 2 aromatic rings. The summed E-state index contributed by atoms with van der Waals surface area (Å²) in [4.78, 5) is 16.8. The van der Waals surface area contributed by atoms with Crippen molar-refractivity contribution in [1.82, 2.24) is 14.9 Å². The number of carbonyl (C=O) groups excluding carboxylic acids is 1. The zero-order chi connectivity index (χ0) is 16.1. The summed E-state index contributed by atoms with van der Waals surface area (Å²) in [6.45, 7) is 8.82. The molecule has 0 spiro atoms. The number of imidazole rings is 1. The minimum absolute atomic E-state index is 0.0586. The normalized spacial score (nSPS) is 12.8. The van der Waals surface area contributed by atoms with Crippen LogP contribution >= 0.6 is 0 Å². The number of fused-ring (bicyclic) bond motifs is 1. The van der Waals surface area contributed by atoms with Crippen LogP contribution in [0.2, 0.25) is 0 Å². The Bertz CT molecular complexity index is 630. The number of nitrogens with zero attached hydrogens (tertiary/aromatic N) is 2. The Labute approximate surface area is 132 Å². The molecule has 2 rings (SSSR count). The van der Waals surface area contributed by atoms with Crippen LogP contribution in [0.5, 0.6) is 0 Å². The molecule has 4 nitrogen and oxygen atoms in total. The van der Waals surface area contributed by atoms with Crippen LogP contribution < -0.4 is 5.32 Å².